The molecule has 11 heteroatoms. The van der Waals surface area contributed by atoms with Gasteiger partial charge in [0.2, 0.25) is 0 Å². The number of hydrogen-bond donors (Lipinski definition) is 3. The van der Waals surface area contributed by atoms with E-state index in [1.54, 1.807) is 11.8 Å². The number of rotatable bonds is 5. The first-order valence-electron chi connectivity index (χ1n) is 10.2. The fraction of sp³-hybridized carbons (Fsp3) is 0.381. The molecule has 1 fully saturated rings. The average Bonchev–Trinajstić information content (AvgIpc) is 2.93. The molecule has 0 atom stereocenters. The number of piperazine rings is 1. The zero-order chi connectivity index (χ0) is 23.0. The van der Waals surface area contributed by atoms with Crippen LogP contribution in [-0.2, 0) is 15.1 Å². The number of aliphatic hydroxyl groups is 1. The summed E-state index contributed by atoms with van der Waals surface area (Å²) in [5, 5.41) is 8.79. The van der Waals surface area contributed by atoms with Gasteiger partial charge < -0.3 is 14.7 Å². The van der Waals surface area contributed by atoms with E-state index in [9.17, 15) is 0 Å². The third-order valence-electron chi connectivity index (χ3n) is 4.90. The van der Waals surface area contributed by atoms with Crippen molar-refractivity contribution < 1.29 is 27.4 Å². The molecule has 2 heterocycles. The van der Waals surface area contributed by atoms with Crippen molar-refractivity contribution in [3.63, 3.8) is 0 Å². The summed E-state index contributed by atoms with van der Waals surface area (Å²) in [4.78, 5) is 12.4. The van der Waals surface area contributed by atoms with Gasteiger partial charge in [-0.2, -0.15) is 8.42 Å². The van der Waals surface area contributed by atoms with Crippen LogP contribution in [0.15, 0.2) is 63.3 Å². The number of ether oxygens (including phenoxy) is 1. The third-order valence-corrected chi connectivity index (χ3v) is 6.04. The molecule has 32 heavy (non-hydrogen) atoms. The van der Waals surface area contributed by atoms with E-state index in [1.165, 1.54) is 15.4 Å². The molecular formula is C21H27N3O6S2. The molecule has 0 spiro atoms. The SMILES string of the molecule is O=S(=O)(O)O.OCCOCCN1CCN(C2=Nc3ccccc3Sc3ccccc32)CC1. The summed E-state index contributed by atoms with van der Waals surface area (Å²) < 4.78 is 37.0. The van der Waals surface area contributed by atoms with Crippen LogP contribution in [0.25, 0.3) is 0 Å². The van der Waals surface area contributed by atoms with Gasteiger partial charge in [0.15, 0.2) is 0 Å². The second kappa shape index (κ2) is 11.8. The summed E-state index contributed by atoms with van der Waals surface area (Å²) in [6, 6.07) is 16.9. The fourth-order valence-corrected chi connectivity index (χ4v) is 4.47. The molecule has 0 unspecified atom stereocenters. The van der Waals surface area contributed by atoms with Crippen molar-refractivity contribution in [1.82, 2.24) is 9.80 Å². The minimum Gasteiger partial charge on any atom is -0.394 e. The van der Waals surface area contributed by atoms with E-state index in [4.69, 9.17) is 32.4 Å². The lowest BCUT2D eigenvalue weighted by atomic mass is 10.1. The van der Waals surface area contributed by atoms with Crippen LogP contribution in [-0.4, -0.2) is 90.8 Å². The zero-order valence-electron chi connectivity index (χ0n) is 17.5. The molecule has 0 radical (unpaired) electrons. The molecule has 4 rings (SSSR count). The summed E-state index contributed by atoms with van der Waals surface area (Å²) in [6.07, 6.45) is 0. The Balaban J connectivity index is 0.000000523. The van der Waals surface area contributed by atoms with Crippen molar-refractivity contribution in [3.05, 3.63) is 54.1 Å². The van der Waals surface area contributed by atoms with Crippen molar-refractivity contribution >= 4 is 33.7 Å². The molecule has 2 aliphatic rings. The molecule has 2 aliphatic heterocycles. The van der Waals surface area contributed by atoms with E-state index < -0.39 is 10.4 Å². The molecule has 174 valence electrons. The minimum absolute atomic E-state index is 0.0898. The molecule has 2 aromatic rings. The molecule has 9 nitrogen and oxygen atoms in total. The summed E-state index contributed by atoms with van der Waals surface area (Å²) in [5.74, 6) is 1.08. The maximum atomic E-state index is 8.79. The fourth-order valence-electron chi connectivity index (χ4n) is 3.45. The summed E-state index contributed by atoms with van der Waals surface area (Å²) >= 11 is 1.80. The van der Waals surface area contributed by atoms with E-state index in [0.29, 0.717) is 13.2 Å². The van der Waals surface area contributed by atoms with Crippen LogP contribution in [0, 0.1) is 0 Å². The van der Waals surface area contributed by atoms with Gasteiger partial charge in [0, 0.05) is 48.1 Å². The Hall–Kier alpha value is -1.99. The first kappa shape index (κ1) is 24.6. The third kappa shape index (κ3) is 7.55. The number of benzene rings is 2. The van der Waals surface area contributed by atoms with Crippen LogP contribution in [0.3, 0.4) is 0 Å². The largest absolute Gasteiger partial charge is 0.394 e. The number of hydrogen-bond acceptors (Lipinski definition) is 8. The second-order valence-electron chi connectivity index (χ2n) is 7.11. The predicted octanol–water partition coefficient (Wildman–Crippen LogP) is 2.20. The predicted molar refractivity (Wildman–Crippen MR) is 123 cm³/mol. The van der Waals surface area contributed by atoms with E-state index in [-0.39, 0.29) is 6.61 Å². The molecule has 0 bridgehead atoms. The summed E-state index contributed by atoms with van der Waals surface area (Å²) in [5.41, 5.74) is 2.27. The number of nitrogens with zero attached hydrogens (tertiary/aromatic N) is 3. The van der Waals surface area contributed by atoms with E-state index in [2.05, 4.69) is 58.3 Å². The number of amidine groups is 1. The van der Waals surface area contributed by atoms with Gasteiger partial charge in [0.05, 0.1) is 25.5 Å². The van der Waals surface area contributed by atoms with Gasteiger partial charge >= 0.3 is 10.4 Å². The molecule has 2 aromatic carbocycles. The van der Waals surface area contributed by atoms with Crippen LogP contribution in [0.5, 0.6) is 0 Å². The maximum absolute atomic E-state index is 8.79. The highest BCUT2D eigenvalue weighted by Crippen LogP contribution is 2.40. The molecule has 0 saturated carbocycles. The van der Waals surface area contributed by atoms with E-state index >= 15 is 0 Å². The van der Waals surface area contributed by atoms with Crippen molar-refractivity contribution in [3.8, 4) is 0 Å². The smallest absolute Gasteiger partial charge is 0.394 e. The summed E-state index contributed by atoms with van der Waals surface area (Å²) in [6.45, 7) is 6.01. The second-order valence-corrected chi connectivity index (χ2v) is 9.09. The van der Waals surface area contributed by atoms with Crippen molar-refractivity contribution in [2.45, 2.75) is 9.79 Å². The highest BCUT2D eigenvalue weighted by molar-refractivity contribution is 7.99. The highest BCUT2D eigenvalue weighted by Gasteiger charge is 2.24. The Morgan fingerprint density at radius 3 is 2.25 bits per heavy atom. The van der Waals surface area contributed by atoms with E-state index in [1.807, 2.05) is 0 Å². The number of aliphatic hydroxyl groups excluding tert-OH is 1. The van der Waals surface area contributed by atoms with Crippen LogP contribution < -0.4 is 0 Å². The normalized spacial score (nSPS) is 16.2. The topological polar surface area (TPSA) is 123 Å². The highest BCUT2D eigenvalue weighted by atomic mass is 32.3. The standard InChI is InChI=1S/C21H25N3O2S.H2O4S/c25-14-16-26-15-13-23-9-11-24(12-10-23)21-17-5-1-3-7-19(17)27-20-8-4-2-6-18(20)22-21;1-5(2,3)4/h1-8,25H,9-16H2;(H2,1,2,3,4). The maximum Gasteiger partial charge on any atom is 0.394 e. The van der Waals surface area contributed by atoms with E-state index in [0.717, 1.165) is 44.2 Å². The van der Waals surface area contributed by atoms with Crippen LogP contribution in [0.4, 0.5) is 5.69 Å². The monoisotopic (exact) mass is 481 g/mol. The molecule has 3 N–H and O–H groups in total. The lowest BCUT2D eigenvalue weighted by Gasteiger charge is -2.36. The first-order valence-corrected chi connectivity index (χ1v) is 12.4. The van der Waals surface area contributed by atoms with Crippen LogP contribution >= 0.6 is 11.8 Å². The van der Waals surface area contributed by atoms with Crippen LogP contribution in [0.1, 0.15) is 5.56 Å². The van der Waals surface area contributed by atoms with Gasteiger partial charge in [-0.15, -0.1) is 0 Å². The average molecular weight is 482 g/mol. The number of para-hydroxylation sites is 1. The van der Waals surface area contributed by atoms with Gasteiger partial charge in [-0.05, 0) is 18.2 Å². The Morgan fingerprint density at radius 1 is 0.938 bits per heavy atom. The van der Waals surface area contributed by atoms with Gasteiger partial charge in [-0.1, -0.05) is 42.1 Å². The molecule has 0 aromatic heterocycles. The molecule has 0 amide bonds. The number of aliphatic imine (C=N–C) groups is 1. The Morgan fingerprint density at radius 2 is 1.56 bits per heavy atom. The lowest BCUT2D eigenvalue weighted by Crippen LogP contribution is -2.49. The van der Waals surface area contributed by atoms with Crippen molar-refractivity contribution in [2.75, 3.05) is 52.5 Å². The van der Waals surface area contributed by atoms with Gasteiger partial charge in [-0.25, -0.2) is 4.99 Å². The summed E-state index contributed by atoms with van der Waals surface area (Å²) in [7, 11) is -4.67. The molecule has 0 aliphatic carbocycles. The van der Waals surface area contributed by atoms with Crippen molar-refractivity contribution in [2.24, 2.45) is 4.99 Å². The minimum atomic E-state index is -4.67. The first-order chi connectivity index (χ1) is 15.3. The molecule has 1 saturated heterocycles. The Labute approximate surface area is 192 Å². The Bertz CT molecular complexity index is 1020. The van der Waals surface area contributed by atoms with Crippen molar-refractivity contribution in [1.29, 1.82) is 0 Å². The zero-order valence-corrected chi connectivity index (χ0v) is 19.1. The van der Waals surface area contributed by atoms with Gasteiger partial charge in [-0.3, -0.25) is 14.0 Å². The van der Waals surface area contributed by atoms with Gasteiger partial charge in [0.1, 0.15) is 5.84 Å². The number of fused-ring (bicyclic) bond motifs is 2. The quantitative estimate of drug-likeness (QED) is 0.436. The van der Waals surface area contributed by atoms with Crippen LogP contribution in [0.2, 0.25) is 0 Å². The lowest BCUT2D eigenvalue weighted by molar-refractivity contribution is 0.0652. The molecular weight excluding hydrogens is 454 g/mol. The Kier molecular flexibility index (Phi) is 9.05. The van der Waals surface area contributed by atoms with Gasteiger partial charge in [0.25, 0.3) is 0 Å².